The second kappa shape index (κ2) is 11.1. The normalized spacial score (nSPS) is 20.7. The number of nitrogens with one attached hydrogen (secondary N) is 2. The summed E-state index contributed by atoms with van der Waals surface area (Å²) in [6, 6.07) is 4.74. The summed E-state index contributed by atoms with van der Waals surface area (Å²) in [7, 11) is 0. The Morgan fingerprint density at radius 1 is 1.32 bits per heavy atom. The number of morpholine rings is 1. The van der Waals surface area contributed by atoms with Crippen LogP contribution in [0.1, 0.15) is 44.0 Å². The Morgan fingerprint density at radius 2 is 2.14 bits per heavy atom. The zero-order chi connectivity index (χ0) is 19.7. The van der Waals surface area contributed by atoms with Crippen LogP contribution in [0.2, 0.25) is 0 Å². The fourth-order valence-electron chi connectivity index (χ4n) is 3.66. The van der Waals surface area contributed by atoms with Crippen molar-refractivity contribution in [3.8, 4) is 0 Å². The van der Waals surface area contributed by atoms with Gasteiger partial charge in [0.1, 0.15) is 0 Å². The van der Waals surface area contributed by atoms with Crippen molar-refractivity contribution in [1.82, 2.24) is 15.5 Å². The number of nitrogens with zero attached hydrogens (tertiary/aromatic N) is 2. The first-order chi connectivity index (χ1) is 13.8. The highest BCUT2D eigenvalue weighted by molar-refractivity contribution is 7.10. The van der Waals surface area contributed by atoms with E-state index < -0.39 is 0 Å². The summed E-state index contributed by atoms with van der Waals surface area (Å²) in [6.45, 7) is 12.1. The SMILES string of the molecule is CCNC(=NCC1(CCOCC)CC1)NCC(c1cccs1)N1CCOCC1. The summed E-state index contributed by atoms with van der Waals surface area (Å²) in [4.78, 5) is 8.85. The van der Waals surface area contributed by atoms with Gasteiger partial charge in [0.25, 0.3) is 0 Å². The third kappa shape index (κ3) is 6.44. The van der Waals surface area contributed by atoms with Gasteiger partial charge in [-0.25, -0.2) is 0 Å². The van der Waals surface area contributed by atoms with Crippen molar-refractivity contribution in [1.29, 1.82) is 0 Å². The monoisotopic (exact) mass is 408 g/mol. The van der Waals surface area contributed by atoms with E-state index in [-0.39, 0.29) is 0 Å². The molecule has 1 aliphatic carbocycles. The smallest absolute Gasteiger partial charge is 0.191 e. The highest BCUT2D eigenvalue weighted by atomic mass is 32.1. The number of guanidine groups is 1. The quantitative estimate of drug-likeness (QED) is 0.335. The lowest BCUT2D eigenvalue weighted by atomic mass is 10.0. The lowest BCUT2D eigenvalue weighted by Gasteiger charge is -2.34. The van der Waals surface area contributed by atoms with Crippen LogP contribution < -0.4 is 10.6 Å². The zero-order valence-corrected chi connectivity index (χ0v) is 18.2. The van der Waals surface area contributed by atoms with E-state index in [9.17, 15) is 0 Å². The van der Waals surface area contributed by atoms with Crippen LogP contribution in [0, 0.1) is 5.41 Å². The van der Waals surface area contributed by atoms with Crippen LogP contribution in [0.5, 0.6) is 0 Å². The average molecular weight is 409 g/mol. The van der Waals surface area contributed by atoms with Gasteiger partial charge in [-0.3, -0.25) is 9.89 Å². The highest BCUT2D eigenvalue weighted by Gasteiger charge is 2.41. The molecule has 7 heteroatoms. The van der Waals surface area contributed by atoms with E-state index in [0.717, 1.165) is 71.5 Å². The van der Waals surface area contributed by atoms with E-state index >= 15 is 0 Å². The van der Waals surface area contributed by atoms with Crippen molar-refractivity contribution >= 4 is 17.3 Å². The Morgan fingerprint density at radius 3 is 2.79 bits per heavy atom. The second-order valence-electron chi connectivity index (χ2n) is 7.70. The Hall–Kier alpha value is -1.15. The van der Waals surface area contributed by atoms with E-state index in [0.29, 0.717) is 11.5 Å². The van der Waals surface area contributed by atoms with Crippen LogP contribution in [0.4, 0.5) is 0 Å². The topological polar surface area (TPSA) is 58.1 Å². The number of rotatable bonds is 11. The lowest BCUT2D eigenvalue weighted by molar-refractivity contribution is 0.0177. The second-order valence-corrected chi connectivity index (χ2v) is 8.68. The van der Waals surface area contributed by atoms with Crippen molar-refractivity contribution in [2.24, 2.45) is 10.4 Å². The van der Waals surface area contributed by atoms with Crippen molar-refractivity contribution in [3.63, 3.8) is 0 Å². The molecule has 2 heterocycles. The van der Waals surface area contributed by atoms with Crippen LogP contribution in [0.25, 0.3) is 0 Å². The molecule has 158 valence electrons. The molecule has 1 aliphatic heterocycles. The maximum absolute atomic E-state index is 5.56. The molecule has 1 unspecified atom stereocenters. The van der Waals surface area contributed by atoms with E-state index in [1.165, 1.54) is 17.7 Å². The standard InChI is InChI=1S/C21H36N4O2S/c1-3-22-20(24-17-21(7-8-21)9-12-26-4-2)23-16-18(19-6-5-15-28-19)25-10-13-27-14-11-25/h5-6,15,18H,3-4,7-14,16-17H2,1-2H3,(H2,22,23,24). The molecule has 2 N–H and O–H groups in total. The third-order valence-corrected chi connectivity index (χ3v) is 6.65. The molecule has 2 fully saturated rings. The van der Waals surface area contributed by atoms with Gasteiger partial charge in [-0.2, -0.15) is 0 Å². The Kier molecular flexibility index (Phi) is 8.58. The van der Waals surface area contributed by atoms with E-state index in [1.54, 1.807) is 0 Å². The zero-order valence-electron chi connectivity index (χ0n) is 17.4. The Bertz CT molecular complexity index is 583. The number of hydrogen-bond acceptors (Lipinski definition) is 5. The van der Waals surface area contributed by atoms with Gasteiger partial charge in [0.05, 0.1) is 19.3 Å². The molecule has 0 spiro atoms. The minimum Gasteiger partial charge on any atom is -0.382 e. The van der Waals surface area contributed by atoms with Crippen molar-refractivity contribution in [2.75, 3.05) is 59.2 Å². The summed E-state index contributed by atoms with van der Waals surface area (Å²) in [6.07, 6.45) is 3.67. The van der Waals surface area contributed by atoms with Crippen LogP contribution in [-0.4, -0.2) is 70.0 Å². The first kappa shape index (κ1) is 21.6. The number of hydrogen-bond donors (Lipinski definition) is 2. The number of ether oxygens (including phenoxy) is 2. The highest BCUT2D eigenvalue weighted by Crippen LogP contribution is 2.49. The summed E-state index contributed by atoms with van der Waals surface area (Å²) in [5, 5.41) is 9.19. The van der Waals surface area contributed by atoms with Gasteiger partial charge in [-0.1, -0.05) is 6.07 Å². The molecule has 1 aromatic rings. The first-order valence-corrected chi connectivity index (χ1v) is 11.6. The molecule has 2 aliphatic rings. The molecule has 0 amide bonds. The maximum Gasteiger partial charge on any atom is 0.191 e. The van der Waals surface area contributed by atoms with Crippen molar-refractivity contribution in [2.45, 2.75) is 39.2 Å². The number of aliphatic imine (C=N–C) groups is 1. The molecule has 1 aromatic heterocycles. The van der Waals surface area contributed by atoms with Crippen LogP contribution in [0.15, 0.2) is 22.5 Å². The molecule has 3 rings (SSSR count). The largest absolute Gasteiger partial charge is 0.382 e. The molecule has 6 nitrogen and oxygen atoms in total. The first-order valence-electron chi connectivity index (χ1n) is 10.7. The van der Waals surface area contributed by atoms with Gasteiger partial charge >= 0.3 is 0 Å². The summed E-state index contributed by atoms with van der Waals surface area (Å²) in [5.74, 6) is 0.931. The molecular formula is C21H36N4O2S. The van der Waals surface area contributed by atoms with Crippen molar-refractivity contribution < 1.29 is 9.47 Å². The Labute approximate surface area is 173 Å². The molecular weight excluding hydrogens is 372 g/mol. The van der Waals surface area contributed by atoms with Crippen molar-refractivity contribution in [3.05, 3.63) is 22.4 Å². The Balaban J connectivity index is 1.57. The fourth-order valence-corrected chi connectivity index (χ4v) is 4.52. The van der Waals surface area contributed by atoms with Gasteiger partial charge in [-0.15, -0.1) is 11.3 Å². The predicted octanol–water partition coefficient (Wildman–Crippen LogP) is 2.88. The summed E-state index contributed by atoms with van der Waals surface area (Å²) < 4.78 is 11.1. The van der Waals surface area contributed by atoms with Crippen LogP contribution in [0.3, 0.4) is 0 Å². The van der Waals surface area contributed by atoms with Crippen LogP contribution in [-0.2, 0) is 9.47 Å². The summed E-state index contributed by atoms with van der Waals surface area (Å²) in [5.41, 5.74) is 0.370. The van der Waals surface area contributed by atoms with Gasteiger partial charge in [0, 0.05) is 50.8 Å². The molecule has 1 saturated heterocycles. The van der Waals surface area contributed by atoms with Gasteiger partial charge in [-0.05, 0) is 50.0 Å². The number of thiophene rings is 1. The lowest BCUT2D eigenvalue weighted by Crippen LogP contribution is -2.46. The predicted molar refractivity (Wildman–Crippen MR) is 116 cm³/mol. The molecule has 0 bridgehead atoms. The minimum absolute atomic E-state index is 0.362. The van der Waals surface area contributed by atoms with E-state index in [2.05, 4.69) is 46.9 Å². The van der Waals surface area contributed by atoms with Gasteiger partial charge in [0.2, 0.25) is 0 Å². The fraction of sp³-hybridized carbons (Fsp3) is 0.762. The molecule has 0 aromatic carbocycles. The molecule has 28 heavy (non-hydrogen) atoms. The van der Waals surface area contributed by atoms with Gasteiger partial charge < -0.3 is 20.1 Å². The van der Waals surface area contributed by atoms with Crippen LogP contribution >= 0.6 is 11.3 Å². The summed E-state index contributed by atoms with van der Waals surface area (Å²) >= 11 is 1.83. The molecule has 1 saturated carbocycles. The van der Waals surface area contributed by atoms with E-state index in [4.69, 9.17) is 14.5 Å². The van der Waals surface area contributed by atoms with Gasteiger partial charge in [0.15, 0.2) is 5.96 Å². The molecule has 1 atom stereocenters. The van der Waals surface area contributed by atoms with E-state index in [1.807, 2.05) is 11.3 Å². The minimum atomic E-state index is 0.362. The average Bonchev–Trinajstić information content (AvgIpc) is 3.28. The molecule has 0 radical (unpaired) electrons. The maximum atomic E-state index is 5.56. The third-order valence-electron chi connectivity index (χ3n) is 5.68.